The predicted octanol–water partition coefficient (Wildman–Crippen LogP) is 2.38. The molecule has 0 amide bonds. The van der Waals surface area contributed by atoms with Crippen LogP contribution in [0.4, 0.5) is 0 Å². The van der Waals surface area contributed by atoms with E-state index < -0.39 is 0 Å². The molecule has 2 heterocycles. The molecule has 108 valence electrons. The van der Waals surface area contributed by atoms with E-state index in [0.717, 1.165) is 22.6 Å². The number of ether oxygens (including phenoxy) is 1. The SMILES string of the molecule is COc1ccc(Cc2nc(-c3ccnn3C)no2)c(C)c1. The van der Waals surface area contributed by atoms with Crippen molar-refractivity contribution in [2.24, 2.45) is 7.05 Å². The van der Waals surface area contributed by atoms with E-state index in [-0.39, 0.29) is 0 Å². The summed E-state index contributed by atoms with van der Waals surface area (Å²) in [6.45, 7) is 2.04. The number of benzene rings is 1. The topological polar surface area (TPSA) is 66.0 Å². The summed E-state index contributed by atoms with van der Waals surface area (Å²) in [5, 5.41) is 8.11. The monoisotopic (exact) mass is 284 g/mol. The molecule has 1 aromatic carbocycles. The molecule has 6 nitrogen and oxygen atoms in total. The van der Waals surface area contributed by atoms with Crippen LogP contribution in [0.3, 0.4) is 0 Å². The molecular formula is C15H16N4O2. The zero-order chi connectivity index (χ0) is 14.8. The Morgan fingerprint density at radius 3 is 2.81 bits per heavy atom. The first-order valence-corrected chi connectivity index (χ1v) is 6.62. The molecule has 0 bridgehead atoms. The molecule has 21 heavy (non-hydrogen) atoms. The minimum absolute atomic E-state index is 0.552. The number of methoxy groups -OCH3 is 1. The number of nitrogens with zero attached hydrogens (tertiary/aromatic N) is 4. The van der Waals surface area contributed by atoms with E-state index in [1.807, 2.05) is 38.2 Å². The normalized spacial score (nSPS) is 10.8. The second-order valence-corrected chi connectivity index (χ2v) is 4.82. The lowest BCUT2D eigenvalue weighted by atomic mass is 10.1. The Hall–Kier alpha value is -2.63. The van der Waals surface area contributed by atoms with Gasteiger partial charge in [0.1, 0.15) is 11.4 Å². The van der Waals surface area contributed by atoms with E-state index in [9.17, 15) is 0 Å². The highest BCUT2D eigenvalue weighted by Gasteiger charge is 2.13. The quantitative estimate of drug-likeness (QED) is 0.736. The van der Waals surface area contributed by atoms with Gasteiger partial charge in [0.05, 0.1) is 13.5 Å². The van der Waals surface area contributed by atoms with Crippen molar-refractivity contribution in [1.29, 1.82) is 0 Å². The number of aromatic nitrogens is 4. The van der Waals surface area contributed by atoms with Crippen LogP contribution in [-0.4, -0.2) is 27.0 Å². The highest BCUT2D eigenvalue weighted by Crippen LogP contribution is 2.20. The van der Waals surface area contributed by atoms with Crippen LogP contribution in [0, 0.1) is 6.92 Å². The summed E-state index contributed by atoms with van der Waals surface area (Å²) in [6, 6.07) is 7.80. The third-order valence-electron chi connectivity index (χ3n) is 3.41. The Bertz CT molecular complexity index is 761. The number of hydrogen-bond donors (Lipinski definition) is 0. The fraction of sp³-hybridized carbons (Fsp3) is 0.267. The van der Waals surface area contributed by atoms with Gasteiger partial charge in [0, 0.05) is 13.2 Å². The molecule has 0 aliphatic heterocycles. The molecule has 0 saturated carbocycles. The molecule has 3 aromatic rings. The summed E-state index contributed by atoms with van der Waals surface area (Å²) in [5.74, 6) is 1.98. The largest absolute Gasteiger partial charge is 0.497 e. The fourth-order valence-electron chi connectivity index (χ4n) is 2.18. The Kier molecular flexibility index (Phi) is 3.43. The van der Waals surface area contributed by atoms with E-state index in [0.29, 0.717) is 18.1 Å². The van der Waals surface area contributed by atoms with Crippen molar-refractivity contribution in [1.82, 2.24) is 19.9 Å². The van der Waals surface area contributed by atoms with Gasteiger partial charge in [-0.05, 0) is 36.2 Å². The molecular weight excluding hydrogens is 268 g/mol. The molecule has 0 N–H and O–H groups in total. The Labute approximate surface area is 122 Å². The van der Waals surface area contributed by atoms with Crippen LogP contribution in [0.2, 0.25) is 0 Å². The van der Waals surface area contributed by atoms with Crippen molar-refractivity contribution in [3.8, 4) is 17.3 Å². The number of rotatable bonds is 4. The van der Waals surface area contributed by atoms with Crippen LogP contribution in [-0.2, 0) is 13.5 Å². The number of aryl methyl sites for hydroxylation is 2. The molecule has 3 rings (SSSR count). The Morgan fingerprint density at radius 2 is 2.14 bits per heavy atom. The van der Waals surface area contributed by atoms with Gasteiger partial charge in [0.15, 0.2) is 0 Å². The van der Waals surface area contributed by atoms with Gasteiger partial charge in [-0.25, -0.2) is 0 Å². The minimum Gasteiger partial charge on any atom is -0.497 e. The van der Waals surface area contributed by atoms with Gasteiger partial charge in [0.25, 0.3) is 0 Å². The summed E-state index contributed by atoms with van der Waals surface area (Å²) < 4.78 is 12.2. The van der Waals surface area contributed by atoms with Gasteiger partial charge < -0.3 is 9.26 Å². The van der Waals surface area contributed by atoms with Gasteiger partial charge >= 0.3 is 0 Å². The predicted molar refractivity (Wildman–Crippen MR) is 77.0 cm³/mol. The third-order valence-corrected chi connectivity index (χ3v) is 3.41. The smallest absolute Gasteiger partial charge is 0.231 e. The second-order valence-electron chi connectivity index (χ2n) is 4.82. The van der Waals surface area contributed by atoms with E-state index in [1.54, 1.807) is 18.0 Å². The van der Waals surface area contributed by atoms with Crippen LogP contribution < -0.4 is 4.74 Å². The molecule has 0 aliphatic rings. The van der Waals surface area contributed by atoms with E-state index in [4.69, 9.17) is 9.26 Å². The summed E-state index contributed by atoms with van der Waals surface area (Å²) >= 11 is 0. The maximum atomic E-state index is 5.33. The van der Waals surface area contributed by atoms with Gasteiger partial charge in [-0.15, -0.1) is 0 Å². The summed E-state index contributed by atoms with van der Waals surface area (Å²) in [7, 11) is 3.51. The second kappa shape index (κ2) is 5.40. The maximum Gasteiger partial charge on any atom is 0.231 e. The maximum absolute atomic E-state index is 5.33. The highest BCUT2D eigenvalue weighted by molar-refractivity contribution is 5.47. The van der Waals surface area contributed by atoms with Crippen molar-refractivity contribution in [2.45, 2.75) is 13.3 Å². The van der Waals surface area contributed by atoms with Gasteiger partial charge in [-0.2, -0.15) is 10.1 Å². The van der Waals surface area contributed by atoms with Gasteiger partial charge in [0.2, 0.25) is 11.7 Å². The molecule has 0 fully saturated rings. The molecule has 0 spiro atoms. The lowest BCUT2D eigenvalue weighted by Crippen LogP contribution is -1.96. The van der Waals surface area contributed by atoms with E-state index >= 15 is 0 Å². The molecule has 0 radical (unpaired) electrons. The molecule has 0 aliphatic carbocycles. The first-order chi connectivity index (χ1) is 10.2. The molecule has 2 aromatic heterocycles. The first-order valence-electron chi connectivity index (χ1n) is 6.62. The standard InChI is InChI=1S/C15H16N4O2/c1-10-8-12(20-3)5-4-11(10)9-14-17-15(18-21-14)13-6-7-16-19(13)2/h4-8H,9H2,1-3H3. The minimum atomic E-state index is 0.552. The highest BCUT2D eigenvalue weighted by atomic mass is 16.5. The summed E-state index contributed by atoms with van der Waals surface area (Å²) in [4.78, 5) is 4.42. The van der Waals surface area contributed by atoms with Crippen molar-refractivity contribution >= 4 is 0 Å². The van der Waals surface area contributed by atoms with Gasteiger partial charge in [-0.3, -0.25) is 4.68 Å². The fourth-order valence-corrected chi connectivity index (χ4v) is 2.18. The lowest BCUT2D eigenvalue weighted by Gasteiger charge is -2.05. The van der Waals surface area contributed by atoms with E-state index in [1.165, 1.54) is 0 Å². The van der Waals surface area contributed by atoms with Crippen LogP contribution in [0.5, 0.6) is 5.75 Å². The molecule has 0 saturated heterocycles. The van der Waals surface area contributed by atoms with Crippen LogP contribution >= 0.6 is 0 Å². The number of hydrogen-bond acceptors (Lipinski definition) is 5. The van der Waals surface area contributed by atoms with Gasteiger partial charge in [-0.1, -0.05) is 11.2 Å². The van der Waals surface area contributed by atoms with Crippen molar-refractivity contribution < 1.29 is 9.26 Å². The van der Waals surface area contributed by atoms with Crippen LogP contribution in [0.1, 0.15) is 17.0 Å². The molecule has 0 unspecified atom stereocenters. The lowest BCUT2D eigenvalue weighted by molar-refractivity contribution is 0.385. The summed E-state index contributed by atoms with van der Waals surface area (Å²) in [5.41, 5.74) is 3.10. The van der Waals surface area contributed by atoms with E-state index in [2.05, 4.69) is 15.2 Å². The van der Waals surface area contributed by atoms with Crippen molar-refractivity contribution in [3.05, 3.63) is 47.5 Å². The zero-order valence-corrected chi connectivity index (χ0v) is 12.2. The Morgan fingerprint density at radius 1 is 1.29 bits per heavy atom. The molecule has 0 atom stereocenters. The average molecular weight is 284 g/mol. The third kappa shape index (κ3) is 2.65. The van der Waals surface area contributed by atoms with Crippen molar-refractivity contribution in [3.63, 3.8) is 0 Å². The zero-order valence-electron chi connectivity index (χ0n) is 12.2. The Balaban J connectivity index is 1.83. The van der Waals surface area contributed by atoms with Crippen LogP contribution in [0.25, 0.3) is 11.5 Å². The summed E-state index contributed by atoms with van der Waals surface area (Å²) in [6.07, 6.45) is 2.31. The molecule has 6 heteroatoms. The van der Waals surface area contributed by atoms with Crippen molar-refractivity contribution in [2.75, 3.05) is 7.11 Å². The first kappa shape index (κ1) is 13.4. The van der Waals surface area contributed by atoms with Crippen LogP contribution in [0.15, 0.2) is 35.0 Å². The average Bonchev–Trinajstić information content (AvgIpc) is 3.09.